The van der Waals surface area contributed by atoms with Crippen LogP contribution in [-0.2, 0) is 7.05 Å². The van der Waals surface area contributed by atoms with E-state index < -0.39 is 10.8 Å². The number of carbonyl (C=O) groups excluding carboxylic acids is 1. The van der Waals surface area contributed by atoms with Crippen molar-refractivity contribution in [2.75, 3.05) is 5.32 Å². The van der Waals surface area contributed by atoms with Crippen molar-refractivity contribution >= 4 is 29.1 Å². The first-order chi connectivity index (χ1) is 8.97. The van der Waals surface area contributed by atoms with Crippen LogP contribution in [0.3, 0.4) is 0 Å². The van der Waals surface area contributed by atoms with Gasteiger partial charge in [-0.2, -0.15) is 4.80 Å². The van der Waals surface area contributed by atoms with Crippen molar-refractivity contribution in [2.45, 2.75) is 0 Å². The van der Waals surface area contributed by atoms with Gasteiger partial charge in [-0.3, -0.25) is 20.2 Å². The number of tetrazole rings is 1. The summed E-state index contributed by atoms with van der Waals surface area (Å²) in [5.74, 6) is -0.508. The summed E-state index contributed by atoms with van der Waals surface area (Å²) >= 11 is 5.71. The second-order valence-corrected chi connectivity index (χ2v) is 3.89. The van der Waals surface area contributed by atoms with E-state index in [4.69, 9.17) is 11.6 Å². The van der Waals surface area contributed by atoms with Gasteiger partial charge < -0.3 is 0 Å². The van der Waals surface area contributed by atoms with E-state index in [9.17, 15) is 14.9 Å². The molecule has 0 atom stereocenters. The van der Waals surface area contributed by atoms with Crippen LogP contribution in [0.1, 0.15) is 10.4 Å². The molecule has 0 saturated heterocycles. The van der Waals surface area contributed by atoms with E-state index in [2.05, 4.69) is 20.7 Å². The van der Waals surface area contributed by atoms with Crippen molar-refractivity contribution < 1.29 is 9.72 Å². The van der Waals surface area contributed by atoms with E-state index in [0.29, 0.717) is 0 Å². The van der Waals surface area contributed by atoms with Gasteiger partial charge in [0.1, 0.15) is 5.02 Å². The quantitative estimate of drug-likeness (QED) is 0.664. The molecule has 98 valence electrons. The lowest BCUT2D eigenvalue weighted by molar-refractivity contribution is -0.384. The number of rotatable bonds is 3. The van der Waals surface area contributed by atoms with Crippen molar-refractivity contribution in [3.63, 3.8) is 0 Å². The minimum absolute atomic E-state index is 0.0296. The van der Waals surface area contributed by atoms with Gasteiger partial charge in [0.25, 0.3) is 17.5 Å². The second kappa shape index (κ2) is 4.98. The molecule has 1 N–H and O–H groups in total. The number of anilines is 1. The standard InChI is InChI=1S/C9H7ClN6O3/c1-15-13-9(12-14-15)11-8(17)5-2-3-7(16(18)19)6(10)4-5/h2-4H,1H3,(H,11,13,17). The molecule has 1 amide bonds. The lowest BCUT2D eigenvalue weighted by Crippen LogP contribution is -2.13. The zero-order chi connectivity index (χ0) is 14.0. The Balaban J connectivity index is 2.20. The fourth-order valence-electron chi connectivity index (χ4n) is 1.30. The zero-order valence-corrected chi connectivity index (χ0v) is 10.3. The number of nitro groups is 1. The van der Waals surface area contributed by atoms with Gasteiger partial charge in [-0.1, -0.05) is 16.7 Å². The average Bonchev–Trinajstić information content (AvgIpc) is 2.74. The predicted molar refractivity (Wildman–Crippen MR) is 64.9 cm³/mol. The Labute approximate surface area is 111 Å². The summed E-state index contributed by atoms with van der Waals surface area (Å²) < 4.78 is 0. The number of hydrogen-bond donors (Lipinski definition) is 1. The topological polar surface area (TPSA) is 116 Å². The number of nitrogens with one attached hydrogen (secondary N) is 1. The Kier molecular flexibility index (Phi) is 3.38. The van der Waals surface area contributed by atoms with Gasteiger partial charge in [-0.05, 0) is 17.3 Å². The minimum Gasteiger partial charge on any atom is -0.288 e. The van der Waals surface area contributed by atoms with E-state index >= 15 is 0 Å². The molecular weight excluding hydrogens is 276 g/mol. The Morgan fingerprint density at radius 1 is 1.53 bits per heavy atom. The molecule has 0 saturated carbocycles. The maximum absolute atomic E-state index is 11.8. The van der Waals surface area contributed by atoms with E-state index in [0.717, 1.165) is 6.07 Å². The molecule has 0 bridgehead atoms. The van der Waals surface area contributed by atoms with E-state index in [1.165, 1.54) is 16.9 Å². The number of benzene rings is 1. The van der Waals surface area contributed by atoms with E-state index in [1.54, 1.807) is 7.05 Å². The first kappa shape index (κ1) is 12.9. The molecule has 9 nitrogen and oxygen atoms in total. The molecular formula is C9H7ClN6O3. The van der Waals surface area contributed by atoms with Crippen LogP contribution in [0.4, 0.5) is 11.6 Å². The summed E-state index contributed by atoms with van der Waals surface area (Å²) in [5, 5.41) is 23.7. The van der Waals surface area contributed by atoms with Crippen LogP contribution < -0.4 is 5.32 Å². The first-order valence-electron chi connectivity index (χ1n) is 4.96. The summed E-state index contributed by atoms with van der Waals surface area (Å²) in [6, 6.07) is 3.64. The second-order valence-electron chi connectivity index (χ2n) is 3.48. The third-order valence-corrected chi connectivity index (χ3v) is 2.44. The molecule has 1 heterocycles. The number of hydrogen-bond acceptors (Lipinski definition) is 6. The van der Waals surface area contributed by atoms with Crippen LogP contribution in [0.2, 0.25) is 5.02 Å². The number of amides is 1. The maximum atomic E-state index is 11.8. The maximum Gasteiger partial charge on any atom is 0.287 e. The molecule has 0 aliphatic carbocycles. The zero-order valence-electron chi connectivity index (χ0n) is 9.57. The summed E-state index contributed by atoms with van der Waals surface area (Å²) in [5.41, 5.74) is -0.112. The van der Waals surface area contributed by atoms with Crippen LogP contribution in [0.5, 0.6) is 0 Å². The van der Waals surface area contributed by atoms with E-state index in [-0.39, 0.29) is 22.2 Å². The minimum atomic E-state index is -0.631. The Hall–Kier alpha value is -2.55. The largest absolute Gasteiger partial charge is 0.288 e. The fraction of sp³-hybridized carbons (Fsp3) is 0.111. The molecule has 0 fully saturated rings. The SMILES string of the molecule is Cn1nnc(NC(=O)c2ccc([N+](=O)[O-])c(Cl)c2)n1. The molecule has 2 aromatic rings. The number of nitrogens with zero attached hydrogens (tertiary/aromatic N) is 5. The van der Waals surface area contributed by atoms with Gasteiger partial charge >= 0.3 is 0 Å². The van der Waals surface area contributed by atoms with Crippen molar-refractivity contribution in [2.24, 2.45) is 7.05 Å². The monoisotopic (exact) mass is 282 g/mol. The molecule has 0 spiro atoms. The lowest BCUT2D eigenvalue weighted by atomic mass is 10.2. The molecule has 0 aliphatic rings. The summed E-state index contributed by atoms with van der Waals surface area (Å²) in [4.78, 5) is 22.9. The summed E-state index contributed by atoms with van der Waals surface area (Å²) in [6.07, 6.45) is 0. The summed E-state index contributed by atoms with van der Waals surface area (Å²) in [6.45, 7) is 0. The average molecular weight is 283 g/mol. The number of carbonyl (C=O) groups is 1. The molecule has 1 aromatic carbocycles. The molecule has 0 aliphatic heterocycles. The molecule has 2 rings (SSSR count). The van der Waals surface area contributed by atoms with E-state index in [1.807, 2.05) is 0 Å². The van der Waals surface area contributed by atoms with Crippen LogP contribution in [0.15, 0.2) is 18.2 Å². The molecule has 0 unspecified atom stereocenters. The van der Waals surface area contributed by atoms with Crippen molar-refractivity contribution in [3.05, 3.63) is 38.9 Å². The van der Waals surface area contributed by atoms with Gasteiger partial charge in [0.2, 0.25) is 0 Å². The highest BCUT2D eigenvalue weighted by atomic mass is 35.5. The Bertz CT molecular complexity index is 655. The van der Waals surface area contributed by atoms with Gasteiger partial charge in [-0.25, -0.2) is 0 Å². The van der Waals surface area contributed by atoms with Gasteiger partial charge in [0.15, 0.2) is 0 Å². The Morgan fingerprint density at radius 2 is 2.26 bits per heavy atom. The highest BCUT2D eigenvalue weighted by Gasteiger charge is 2.16. The third kappa shape index (κ3) is 2.83. The molecule has 1 aromatic heterocycles. The normalized spacial score (nSPS) is 10.2. The number of aromatic nitrogens is 4. The fourth-order valence-corrected chi connectivity index (χ4v) is 1.55. The first-order valence-corrected chi connectivity index (χ1v) is 5.34. The van der Waals surface area contributed by atoms with Crippen LogP contribution >= 0.6 is 11.6 Å². The van der Waals surface area contributed by atoms with Crippen molar-refractivity contribution in [1.82, 2.24) is 20.2 Å². The number of aryl methyl sites for hydroxylation is 1. The Morgan fingerprint density at radius 3 is 2.79 bits per heavy atom. The van der Waals surface area contributed by atoms with Crippen molar-refractivity contribution in [1.29, 1.82) is 0 Å². The van der Waals surface area contributed by atoms with Gasteiger partial charge in [0.05, 0.1) is 12.0 Å². The van der Waals surface area contributed by atoms with Crippen LogP contribution in [0, 0.1) is 10.1 Å². The molecule has 19 heavy (non-hydrogen) atoms. The highest BCUT2D eigenvalue weighted by Crippen LogP contribution is 2.25. The summed E-state index contributed by atoms with van der Waals surface area (Å²) in [7, 11) is 1.55. The van der Waals surface area contributed by atoms with Gasteiger partial charge in [0, 0.05) is 11.6 Å². The van der Waals surface area contributed by atoms with Gasteiger partial charge in [-0.15, -0.1) is 5.10 Å². The van der Waals surface area contributed by atoms with Crippen molar-refractivity contribution in [3.8, 4) is 0 Å². The smallest absolute Gasteiger partial charge is 0.287 e. The molecule has 0 radical (unpaired) electrons. The lowest BCUT2D eigenvalue weighted by Gasteiger charge is -2.01. The highest BCUT2D eigenvalue weighted by molar-refractivity contribution is 6.33. The number of halogens is 1. The third-order valence-electron chi connectivity index (χ3n) is 2.14. The predicted octanol–water partition coefficient (Wildman–Crippen LogP) is 1.02. The van der Waals surface area contributed by atoms with Crippen LogP contribution in [-0.4, -0.2) is 31.0 Å². The number of nitro benzene ring substituents is 1. The van der Waals surface area contributed by atoms with Crippen LogP contribution in [0.25, 0.3) is 0 Å². The molecule has 10 heteroatoms.